The maximum atomic E-state index is 9.57. The van der Waals surface area contributed by atoms with Crippen LogP contribution in [0.4, 0.5) is 0 Å². The molecule has 0 atom stereocenters. The van der Waals surface area contributed by atoms with E-state index in [1.807, 2.05) is 54.6 Å². The first-order chi connectivity index (χ1) is 16.8. The van der Waals surface area contributed by atoms with Crippen LogP contribution in [-0.2, 0) is 18.6 Å². The van der Waals surface area contributed by atoms with E-state index in [1.54, 1.807) is 24.3 Å². The number of halogens is 1. The Morgan fingerprint density at radius 3 is 1.67 bits per heavy atom. The third-order valence-electron chi connectivity index (χ3n) is 6.13. The van der Waals surface area contributed by atoms with Crippen molar-refractivity contribution < 1.29 is 14.6 Å². The average molecular weight is 503 g/mol. The highest BCUT2D eigenvalue weighted by molar-refractivity contribution is 5.94. The number of hydrogen-bond acceptors (Lipinski definition) is 4. The van der Waals surface area contributed by atoms with Gasteiger partial charge in [-0.2, -0.15) is 0 Å². The molecule has 5 nitrogen and oxygen atoms in total. The number of phenols is 1. The van der Waals surface area contributed by atoms with E-state index >= 15 is 0 Å². The van der Waals surface area contributed by atoms with Gasteiger partial charge in [-0.25, -0.2) is 0 Å². The van der Waals surface area contributed by atoms with Gasteiger partial charge in [0, 0.05) is 11.0 Å². The van der Waals surface area contributed by atoms with Gasteiger partial charge in [0.25, 0.3) is 0 Å². The molecule has 0 saturated heterocycles. The van der Waals surface area contributed by atoms with Gasteiger partial charge in [-0.15, -0.1) is 12.4 Å². The molecule has 0 unspecified atom stereocenters. The van der Waals surface area contributed by atoms with E-state index in [0.717, 1.165) is 28.2 Å². The summed E-state index contributed by atoms with van der Waals surface area (Å²) < 4.78 is 11.9. The number of nitrogen functional groups attached to an aromatic ring is 1. The number of hydrogen-bond donors (Lipinski definition) is 3. The van der Waals surface area contributed by atoms with Gasteiger partial charge in [0.05, 0.1) is 0 Å². The van der Waals surface area contributed by atoms with Crippen LogP contribution in [0.1, 0.15) is 41.7 Å². The predicted molar refractivity (Wildman–Crippen MR) is 146 cm³/mol. The lowest BCUT2D eigenvalue weighted by Crippen LogP contribution is -2.18. The zero-order valence-corrected chi connectivity index (χ0v) is 21.2. The average Bonchev–Trinajstić information content (AvgIpc) is 2.87. The lowest BCUT2D eigenvalue weighted by molar-refractivity contribution is 0.300. The molecule has 0 fully saturated rings. The molecular weight excluding hydrogens is 472 g/mol. The molecule has 4 rings (SSSR count). The van der Waals surface area contributed by atoms with Crippen molar-refractivity contribution in [1.29, 1.82) is 5.41 Å². The molecule has 0 aliphatic carbocycles. The van der Waals surface area contributed by atoms with E-state index in [1.165, 1.54) is 5.56 Å². The highest BCUT2D eigenvalue weighted by Crippen LogP contribution is 2.33. The van der Waals surface area contributed by atoms with Crippen LogP contribution in [0.5, 0.6) is 17.2 Å². The lowest BCUT2D eigenvalue weighted by atomic mass is 9.78. The van der Waals surface area contributed by atoms with Crippen LogP contribution in [0.2, 0.25) is 0 Å². The second-order valence-corrected chi connectivity index (χ2v) is 9.03. The largest absolute Gasteiger partial charge is 0.508 e. The molecule has 0 spiro atoms. The Labute approximate surface area is 218 Å². The lowest BCUT2D eigenvalue weighted by Gasteiger charge is -2.26. The molecule has 36 heavy (non-hydrogen) atoms. The second kappa shape index (κ2) is 11.6. The molecular formula is C30H31ClN2O3. The smallest absolute Gasteiger partial charge is 0.122 e. The topological polar surface area (TPSA) is 88.6 Å². The summed E-state index contributed by atoms with van der Waals surface area (Å²) in [6.07, 6.45) is 0. The van der Waals surface area contributed by atoms with Crippen molar-refractivity contribution in [3.05, 3.63) is 125 Å². The number of nitrogens with two attached hydrogens (primary N) is 1. The van der Waals surface area contributed by atoms with Gasteiger partial charge in [-0.05, 0) is 76.9 Å². The third kappa shape index (κ3) is 6.58. The van der Waals surface area contributed by atoms with Crippen molar-refractivity contribution >= 4 is 18.2 Å². The van der Waals surface area contributed by atoms with Crippen LogP contribution in [0.25, 0.3) is 0 Å². The number of nitrogens with one attached hydrogen (secondary N) is 1. The molecule has 4 N–H and O–H groups in total. The van der Waals surface area contributed by atoms with Gasteiger partial charge < -0.3 is 20.3 Å². The summed E-state index contributed by atoms with van der Waals surface area (Å²) in [5, 5.41) is 17.0. The van der Waals surface area contributed by atoms with Gasteiger partial charge in [0.15, 0.2) is 0 Å². The molecule has 0 amide bonds. The van der Waals surface area contributed by atoms with E-state index in [2.05, 4.69) is 32.0 Å². The molecule has 0 saturated carbocycles. The summed E-state index contributed by atoms with van der Waals surface area (Å²) in [6, 6.07) is 30.8. The van der Waals surface area contributed by atoms with E-state index in [0.29, 0.717) is 18.8 Å². The van der Waals surface area contributed by atoms with Gasteiger partial charge >= 0.3 is 0 Å². The van der Waals surface area contributed by atoms with Gasteiger partial charge in [0.1, 0.15) is 36.3 Å². The van der Waals surface area contributed by atoms with Gasteiger partial charge in [0.2, 0.25) is 0 Å². The van der Waals surface area contributed by atoms with Crippen LogP contribution in [0, 0.1) is 5.41 Å². The molecule has 0 radical (unpaired) electrons. The van der Waals surface area contributed by atoms with Crippen molar-refractivity contribution in [3.8, 4) is 17.2 Å². The second-order valence-electron chi connectivity index (χ2n) is 9.03. The molecule has 0 aliphatic heterocycles. The Kier molecular flexibility index (Phi) is 8.62. The van der Waals surface area contributed by atoms with Crippen LogP contribution >= 0.6 is 12.4 Å². The summed E-state index contributed by atoms with van der Waals surface area (Å²) in [5.41, 5.74) is 10.4. The maximum absolute atomic E-state index is 9.57. The minimum absolute atomic E-state index is 0. The molecule has 6 heteroatoms. The molecule has 0 aliphatic rings. The highest BCUT2D eigenvalue weighted by Gasteiger charge is 2.23. The molecule has 4 aromatic rings. The quantitative estimate of drug-likeness (QED) is 0.178. The van der Waals surface area contributed by atoms with E-state index < -0.39 is 0 Å². The SMILES string of the molecule is CC(C)(c1ccc(O)cc1)c1ccc(OCc2cccc(COc3ccc(C(=N)N)cc3)c2)cc1.Cl. The first kappa shape index (κ1) is 26.6. The minimum atomic E-state index is -0.188. The number of rotatable bonds is 9. The number of ether oxygens (including phenoxy) is 2. The summed E-state index contributed by atoms with van der Waals surface area (Å²) in [5.74, 6) is 1.85. The molecule has 0 bridgehead atoms. The van der Waals surface area contributed by atoms with E-state index in [9.17, 15) is 5.11 Å². The normalized spacial score (nSPS) is 10.8. The van der Waals surface area contributed by atoms with Crippen LogP contribution in [-0.4, -0.2) is 10.9 Å². The monoisotopic (exact) mass is 502 g/mol. The van der Waals surface area contributed by atoms with E-state index in [4.69, 9.17) is 20.6 Å². The maximum Gasteiger partial charge on any atom is 0.122 e. The van der Waals surface area contributed by atoms with Crippen molar-refractivity contribution in [2.45, 2.75) is 32.5 Å². The standard InChI is InChI=1S/C30H30N2O3.ClH/c1-30(2,24-8-12-26(33)13-9-24)25-10-16-28(17-11-25)35-20-22-5-3-4-21(18-22)19-34-27-14-6-23(7-15-27)29(31)32;/h3-18,33H,19-20H2,1-2H3,(H3,31,32);1H. The Balaban J connectivity index is 0.00000361. The van der Waals surface area contributed by atoms with Crippen molar-refractivity contribution in [2.24, 2.45) is 5.73 Å². The summed E-state index contributed by atoms with van der Waals surface area (Å²) >= 11 is 0. The number of phenolic OH excluding ortho intramolecular Hbond substituents is 1. The fraction of sp³-hybridized carbons (Fsp3) is 0.167. The Hall–Kier alpha value is -3.96. The van der Waals surface area contributed by atoms with Crippen molar-refractivity contribution in [1.82, 2.24) is 0 Å². The van der Waals surface area contributed by atoms with Crippen LogP contribution in [0.3, 0.4) is 0 Å². The van der Waals surface area contributed by atoms with Gasteiger partial charge in [-0.3, -0.25) is 5.41 Å². The van der Waals surface area contributed by atoms with E-state index in [-0.39, 0.29) is 29.4 Å². The third-order valence-corrected chi connectivity index (χ3v) is 6.13. The fourth-order valence-electron chi connectivity index (χ4n) is 3.89. The van der Waals surface area contributed by atoms with Crippen molar-refractivity contribution in [3.63, 3.8) is 0 Å². The molecule has 0 aromatic heterocycles. The summed E-state index contributed by atoms with van der Waals surface area (Å²) in [4.78, 5) is 0. The Morgan fingerprint density at radius 1 is 0.750 bits per heavy atom. The van der Waals surface area contributed by atoms with Gasteiger partial charge in [-0.1, -0.05) is 56.3 Å². The fourth-order valence-corrected chi connectivity index (χ4v) is 3.89. The Bertz CT molecular complexity index is 1290. The minimum Gasteiger partial charge on any atom is -0.508 e. The summed E-state index contributed by atoms with van der Waals surface area (Å²) in [7, 11) is 0. The Morgan fingerprint density at radius 2 is 1.19 bits per heavy atom. The number of benzene rings is 4. The van der Waals surface area contributed by atoms with Crippen LogP contribution < -0.4 is 15.2 Å². The number of aromatic hydroxyl groups is 1. The first-order valence-electron chi connectivity index (χ1n) is 11.5. The molecule has 4 aromatic carbocycles. The van der Waals surface area contributed by atoms with Crippen LogP contribution in [0.15, 0.2) is 97.1 Å². The highest BCUT2D eigenvalue weighted by atomic mass is 35.5. The summed E-state index contributed by atoms with van der Waals surface area (Å²) in [6.45, 7) is 5.23. The van der Waals surface area contributed by atoms with Crippen molar-refractivity contribution in [2.75, 3.05) is 0 Å². The predicted octanol–water partition coefficient (Wildman–Crippen LogP) is 6.58. The molecule has 0 heterocycles. The zero-order chi connectivity index (χ0) is 24.8. The zero-order valence-electron chi connectivity index (χ0n) is 20.4. The molecule has 186 valence electrons. The first-order valence-corrected chi connectivity index (χ1v) is 11.5. The number of amidine groups is 1.